The molecular weight excluding hydrogens is 272 g/mol. The predicted molar refractivity (Wildman–Crippen MR) is 76.0 cm³/mol. The van der Waals surface area contributed by atoms with E-state index in [2.05, 4.69) is 0 Å². The second-order valence-corrected chi connectivity index (χ2v) is 6.49. The summed E-state index contributed by atoms with van der Waals surface area (Å²) in [5.41, 5.74) is 0. The highest BCUT2D eigenvalue weighted by molar-refractivity contribution is 5.76. The van der Waals surface area contributed by atoms with Crippen molar-refractivity contribution in [2.75, 3.05) is 19.7 Å². The van der Waals surface area contributed by atoms with Crippen LogP contribution in [0.5, 0.6) is 0 Å². The van der Waals surface area contributed by atoms with Gasteiger partial charge in [0.25, 0.3) is 0 Å². The van der Waals surface area contributed by atoms with Crippen molar-refractivity contribution < 1.29 is 19.4 Å². The largest absolute Gasteiger partial charge is 0.481 e. The molecule has 3 fully saturated rings. The molecule has 21 heavy (non-hydrogen) atoms. The third kappa shape index (κ3) is 2.73. The second kappa shape index (κ2) is 5.83. The fourth-order valence-corrected chi connectivity index (χ4v) is 4.01. The first-order valence-electron chi connectivity index (χ1n) is 7.99. The first-order chi connectivity index (χ1) is 10.1. The van der Waals surface area contributed by atoms with Crippen LogP contribution in [0.4, 0.5) is 4.79 Å². The lowest BCUT2D eigenvalue weighted by molar-refractivity contribution is -0.143. The molecule has 118 valence electrons. The number of carboxylic acid groups (broad SMARTS) is 1. The number of ether oxygens (including phenoxy) is 1. The van der Waals surface area contributed by atoms with Crippen LogP contribution in [0.3, 0.4) is 0 Å². The Labute approximate surface area is 125 Å². The summed E-state index contributed by atoms with van der Waals surface area (Å²) in [6.07, 6.45) is 4.51. The molecule has 0 aromatic carbocycles. The van der Waals surface area contributed by atoms with E-state index in [0.29, 0.717) is 32.5 Å². The number of morpholine rings is 1. The Hall–Kier alpha value is -1.30. The number of fused-ring (bicyclic) bond motifs is 1. The van der Waals surface area contributed by atoms with Gasteiger partial charge < -0.3 is 19.6 Å². The molecule has 1 N–H and O–H groups in total. The van der Waals surface area contributed by atoms with Crippen LogP contribution in [0.2, 0.25) is 0 Å². The number of urea groups is 1. The summed E-state index contributed by atoms with van der Waals surface area (Å²) in [4.78, 5) is 27.8. The van der Waals surface area contributed by atoms with Crippen molar-refractivity contribution in [1.82, 2.24) is 9.80 Å². The molecule has 2 heterocycles. The maximum absolute atomic E-state index is 12.8. The number of piperidine rings is 1. The number of carbonyl (C=O) groups is 2. The molecular formula is C15H24N2O4. The Kier molecular flexibility index (Phi) is 4.06. The van der Waals surface area contributed by atoms with Crippen LogP contribution in [0.1, 0.15) is 39.0 Å². The van der Waals surface area contributed by atoms with E-state index in [1.165, 1.54) is 0 Å². The fraction of sp³-hybridized carbons (Fsp3) is 0.867. The molecule has 2 aliphatic heterocycles. The van der Waals surface area contributed by atoms with Gasteiger partial charge in [0.05, 0.1) is 24.7 Å². The molecule has 4 unspecified atom stereocenters. The van der Waals surface area contributed by atoms with E-state index in [1.807, 2.05) is 16.7 Å². The van der Waals surface area contributed by atoms with Crippen LogP contribution in [0.25, 0.3) is 0 Å². The van der Waals surface area contributed by atoms with E-state index >= 15 is 0 Å². The molecule has 1 saturated carbocycles. The van der Waals surface area contributed by atoms with Crippen LogP contribution >= 0.6 is 0 Å². The normalized spacial score (nSPS) is 36.4. The highest BCUT2D eigenvalue weighted by Crippen LogP contribution is 2.32. The molecule has 3 rings (SSSR count). The molecule has 0 radical (unpaired) electrons. The van der Waals surface area contributed by atoms with Crippen LogP contribution in [0, 0.1) is 5.92 Å². The Morgan fingerprint density at radius 1 is 1.14 bits per heavy atom. The fourth-order valence-electron chi connectivity index (χ4n) is 4.01. The number of hydrogen-bond donors (Lipinski definition) is 1. The van der Waals surface area contributed by atoms with Crippen LogP contribution < -0.4 is 0 Å². The van der Waals surface area contributed by atoms with E-state index in [-0.39, 0.29) is 30.1 Å². The summed E-state index contributed by atoms with van der Waals surface area (Å²) in [6, 6.07) is 0.289. The number of aliphatic carboxylic acids is 1. The van der Waals surface area contributed by atoms with E-state index in [9.17, 15) is 9.59 Å². The summed E-state index contributed by atoms with van der Waals surface area (Å²) >= 11 is 0. The van der Waals surface area contributed by atoms with Crippen molar-refractivity contribution in [3.63, 3.8) is 0 Å². The third-order valence-corrected chi connectivity index (χ3v) is 5.20. The van der Waals surface area contributed by atoms with Gasteiger partial charge in [-0.3, -0.25) is 4.79 Å². The van der Waals surface area contributed by atoms with Gasteiger partial charge in [-0.25, -0.2) is 4.79 Å². The minimum absolute atomic E-state index is 0.00459. The molecule has 0 bridgehead atoms. The van der Waals surface area contributed by atoms with Crippen molar-refractivity contribution in [3.8, 4) is 0 Å². The molecule has 6 nitrogen and oxygen atoms in total. The lowest BCUT2D eigenvalue weighted by Gasteiger charge is -2.44. The zero-order chi connectivity index (χ0) is 15.0. The van der Waals surface area contributed by atoms with E-state index in [4.69, 9.17) is 9.84 Å². The topological polar surface area (TPSA) is 70.1 Å². The highest BCUT2D eigenvalue weighted by atomic mass is 16.5. The lowest BCUT2D eigenvalue weighted by atomic mass is 9.92. The van der Waals surface area contributed by atoms with Crippen molar-refractivity contribution in [3.05, 3.63) is 0 Å². The monoisotopic (exact) mass is 296 g/mol. The summed E-state index contributed by atoms with van der Waals surface area (Å²) < 4.78 is 5.75. The summed E-state index contributed by atoms with van der Waals surface area (Å²) in [6.45, 7) is 3.78. The first-order valence-corrected chi connectivity index (χ1v) is 7.99. The maximum Gasteiger partial charge on any atom is 0.320 e. The van der Waals surface area contributed by atoms with E-state index in [0.717, 1.165) is 19.3 Å². The number of nitrogens with zero attached hydrogens (tertiary/aromatic N) is 2. The molecule has 2 saturated heterocycles. The van der Waals surface area contributed by atoms with Gasteiger partial charge >= 0.3 is 12.0 Å². The molecule has 0 aromatic heterocycles. The molecule has 4 atom stereocenters. The van der Waals surface area contributed by atoms with Gasteiger partial charge in [-0.15, -0.1) is 0 Å². The number of likely N-dealkylation sites (tertiary alicyclic amines) is 1. The molecule has 0 spiro atoms. The van der Waals surface area contributed by atoms with Crippen LogP contribution in [-0.2, 0) is 9.53 Å². The predicted octanol–water partition coefficient (Wildman–Crippen LogP) is 1.54. The number of rotatable bonds is 1. The molecule has 6 heteroatoms. The zero-order valence-electron chi connectivity index (χ0n) is 12.5. The zero-order valence-corrected chi connectivity index (χ0v) is 12.5. The maximum atomic E-state index is 12.8. The number of carboxylic acids is 1. The van der Waals surface area contributed by atoms with Crippen molar-refractivity contribution in [2.45, 2.75) is 57.2 Å². The van der Waals surface area contributed by atoms with Crippen LogP contribution in [-0.4, -0.2) is 64.8 Å². The number of carbonyl (C=O) groups excluding carboxylic acids is 1. The standard InChI is InChI=1S/C15H24N2O4/c1-10-9-11(14(18)19)5-6-16(10)15(20)17-7-8-21-13-4-2-3-12(13)17/h10-13H,2-9H2,1H3,(H,18,19). The van der Waals surface area contributed by atoms with Crippen LogP contribution in [0.15, 0.2) is 0 Å². The van der Waals surface area contributed by atoms with Gasteiger partial charge in [0.15, 0.2) is 0 Å². The van der Waals surface area contributed by atoms with Gasteiger partial charge in [-0.1, -0.05) is 0 Å². The smallest absolute Gasteiger partial charge is 0.320 e. The Morgan fingerprint density at radius 3 is 2.67 bits per heavy atom. The Bertz CT molecular complexity index is 428. The molecule has 3 aliphatic rings. The van der Waals surface area contributed by atoms with Crippen molar-refractivity contribution in [2.24, 2.45) is 5.92 Å². The van der Waals surface area contributed by atoms with E-state index in [1.54, 1.807) is 0 Å². The molecule has 0 aromatic rings. The summed E-state index contributed by atoms with van der Waals surface area (Å²) in [5.74, 6) is -1.05. The Balaban J connectivity index is 1.66. The molecule has 2 amide bonds. The average Bonchev–Trinajstić information content (AvgIpc) is 2.94. The van der Waals surface area contributed by atoms with Crippen molar-refractivity contribution >= 4 is 12.0 Å². The number of amides is 2. The van der Waals surface area contributed by atoms with Gasteiger partial charge in [-0.05, 0) is 39.0 Å². The quantitative estimate of drug-likeness (QED) is 0.797. The Morgan fingerprint density at radius 2 is 1.95 bits per heavy atom. The summed E-state index contributed by atoms with van der Waals surface area (Å²) in [7, 11) is 0. The third-order valence-electron chi connectivity index (χ3n) is 5.20. The van der Waals surface area contributed by atoms with Gasteiger partial charge in [-0.2, -0.15) is 0 Å². The summed E-state index contributed by atoms with van der Waals surface area (Å²) in [5, 5.41) is 9.12. The first kappa shape index (κ1) is 14.6. The minimum atomic E-state index is -0.740. The minimum Gasteiger partial charge on any atom is -0.481 e. The van der Waals surface area contributed by atoms with Gasteiger partial charge in [0, 0.05) is 19.1 Å². The highest BCUT2D eigenvalue weighted by Gasteiger charge is 2.42. The number of hydrogen-bond acceptors (Lipinski definition) is 3. The van der Waals surface area contributed by atoms with Gasteiger partial charge in [0.2, 0.25) is 0 Å². The lowest BCUT2D eigenvalue weighted by Crippen LogP contribution is -2.58. The average molecular weight is 296 g/mol. The second-order valence-electron chi connectivity index (χ2n) is 6.49. The van der Waals surface area contributed by atoms with Crippen molar-refractivity contribution in [1.29, 1.82) is 0 Å². The van der Waals surface area contributed by atoms with Gasteiger partial charge in [0.1, 0.15) is 0 Å². The molecule has 1 aliphatic carbocycles. The SMILES string of the molecule is CC1CC(C(=O)O)CCN1C(=O)N1CCOC2CCCC21. The van der Waals surface area contributed by atoms with E-state index < -0.39 is 5.97 Å².